The molecular formula is C13H12O2. The van der Waals surface area contributed by atoms with Gasteiger partial charge in [-0.15, -0.1) is 0 Å². The van der Waals surface area contributed by atoms with Gasteiger partial charge in [0, 0.05) is 0 Å². The van der Waals surface area contributed by atoms with Crippen LogP contribution < -0.4 is 0 Å². The minimum Gasteiger partial charge on any atom is -0.369 e. The third kappa shape index (κ3) is 2.22. The molecule has 0 saturated heterocycles. The summed E-state index contributed by atoms with van der Waals surface area (Å²) < 4.78 is 5.21. The number of carbonyl (C=O) groups excluding carboxylic acids is 1. The van der Waals surface area contributed by atoms with E-state index in [1.807, 2.05) is 24.3 Å². The van der Waals surface area contributed by atoms with Crippen molar-refractivity contribution in [3.05, 3.63) is 48.0 Å². The zero-order chi connectivity index (χ0) is 10.5. The lowest BCUT2D eigenvalue weighted by Crippen LogP contribution is -1.96. The summed E-state index contributed by atoms with van der Waals surface area (Å²) >= 11 is 0. The van der Waals surface area contributed by atoms with Crippen LogP contribution in [0.25, 0.3) is 10.8 Å². The highest BCUT2D eigenvalue weighted by molar-refractivity contribution is 5.85. The molecule has 0 aliphatic heterocycles. The van der Waals surface area contributed by atoms with E-state index in [0.29, 0.717) is 6.61 Å². The number of carbonyl (C=O) groups is 1. The molecule has 15 heavy (non-hydrogen) atoms. The van der Waals surface area contributed by atoms with Gasteiger partial charge in [0.25, 0.3) is 0 Å². The summed E-state index contributed by atoms with van der Waals surface area (Å²) in [6, 6.07) is 14.2. The SMILES string of the molecule is O=CCOCc1cccc2ccccc12. The molecule has 76 valence electrons. The lowest BCUT2D eigenvalue weighted by molar-refractivity contribution is -0.112. The molecule has 0 saturated carbocycles. The molecule has 0 aliphatic carbocycles. The van der Waals surface area contributed by atoms with Crippen molar-refractivity contribution in [1.82, 2.24) is 0 Å². The standard InChI is InChI=1S/C13H12O2/c14-8-9-15-10-12-6-3-5-11-4-1-2-7-13(11)12/h1-8H,9-10H2. The van der Waals surface area contributed by atoms with Gasteiger partial charge in [0.05, 0.1) is 6.61 Å². The van der Waals surface area contributed by atoms with Crippen molar-refractivity contribution < 1.29 is 9.53 Å². The first-order valence-corrected chi connectivity index (χ1v) is 4.90. The Morgan fingerprint density at radius 1 is 1.07 bits per heavy atom. The Bertz CT molecular complexity index is 458. The highest BCUT2D eigenvalue weighted by Gasteiger charge is 1.99. The summed E-state index contributed by atoms with van der Waals surface area (Å²) in [4.78, 5) is 10.1. The molecule has 0 atom stereocenters. The predicted octanol–water partition coefficient (Wildman–Crippen LogP) is 2.56. The van der Waals surface area contributed by atoms with Crippen LogP contribution in [0.3, 0.4) is 0 Å². The predicted molar refractivity (Wildman–Crippen MR) is 59.7 cm³/mol. The first-order chi connectivity index (χ1) is 7.42. The Morgan fingerprint density at radius 3 is 2.73 bits per heavy atom. The summed E-state index contributed by atoms with van der Waals surface area (Å²) in [7, 11) is 0. The zero-order valence-electron chi connectivity index (χ0n) is 8.35. The van der Waals surface area contributed by atoms with E-state index in [9.17, 15) is 4.79 Å². The highest BCUT2D eigenvalue weighted by Crippen LogP contribution is 2.18. The highest BCUT2D eigenvalue weighted by atomic mass is 16.5. The molecule has 0 spiro atoms. The second-order valence-electron chi connectivity index (χ2n) is 3.32. The van der Waals surface area contributed by atoms with Gasteiger partial charge in [-0.05, 0) is 16.3 Å². The van der Waals surface area contributed by atoms with E-state index in [2.05, 4.69) is 18.2 Å². The van der Waals surface area contributed by atoms with Crippen LogP contribution in [0.2, 0.25) is 0 Å². The Kier molecular flexibility index (Phi) is 3.10. The fraction of sp³-hybridized carbons (Fsp3) is 0.154. The van der Waals surface area contributed by atoms with Crippen molar-refractivity contribution in [2.24, 2.45) is 0 Å². The first kappa shape index (κ1) is 9.87. The van der Waals surface area contributed by atoms with Crippen LogP contribution in [0.5, 0.6) is 0 Å². The number of benzene rings is 2. The van der Waals surface area contributed by atoms with Crippen molar-refractivity contribution in [2.45, 2.75) is 6.61 Å². The van der Waals surface area contributed by atoms with Crippen LogP contribution in [-0.4, -0.2) is 12.9 Å². The zero-order valence-corrected chi connectivity index (χ0v) is 8.35. The summed E-state index contributed by atoms with van der Waals surface area (Å²) in [6.45, 7) is 0.642. The van der Waals surface area contributed by atoms with Gasteiger partial charge in [-0.1, -0.05) is 42.5 Å². The fourth-order valence-corrected chi connectivity index (χ4v) is 1.64. The summed E-state index contributed by atoms with van der Waals surface area (Å²) in [6.07, 6.45) is 0.769. The number of rotatable bonds is 4. The van der Waals surface area contributed by atoms with Gasteiger partial charge in [-0.25, -0.2) is 0 Å². The van der Waals surface area contributed by atoms with E-state index in [-0.39, 0.29) is 6.61 Å². The van der Waals surface area contributed by atoms with Crippen LogP contribution in [0.1, 0.15) is 5.56 Å². The number of fused-ring (bicyclic) bond motifs is 1. The topological polar surface area (TPSA) is 26.3 Å². The molecule has 0 radical (unpaired) electrons. The summed E-state index contributed by atoms with van der Waals surface area (Å²) in [5.74, 6) is 0. The van der Waals surface area contributed by atoms with E-state index in [1.54, 1.807) is 0 Å². The van der Waals surface area contributed by atoms with Crippen LogP contribution in [0.4, 0.5) is 0 Å². The molecule has 0 aliphatic rings. The van der Waals surface area contributed by atoms with Gasteiger partial charge in [0.2, 0.25) is 0 Å². The minimum absolute atomic E-state index is 0.156. The molecular weight excluding hydrogens is 188 g/mol. The largest absolute Gasteiger partial charge is 0.369 e. The van der Waals surface area contributed by atoms with Crippen LogP contribution in [0, 0.1) is 0 Å². The van der Waals surface area contributed by atoms with Gasteiger partial charge in [-0.2, -0.15) is 0 Å². The second-order valence-corrected chi connectivity index (χ2v) is 3.32. The van der Waals surface area contributed by atoms with Crippen LogP contribution >= 0.6 is 0 Å². The quantitative estimate of drug-likeness (QED) is 0.560. The van der Waals surface area contributed by atoms with Crippen molar-refractivity contribution in [3.8, 4) is 0 Å². The van der Waals surface area contributed by atoms with Gasteiger partial charge in [0.1, 0.15) is 12.9 Å². The van der Waals surface area contributed by atoms with E-state index in [4.69, 9.17) is 4.74 Å². The average molecular weight is 200 g/mol. The van der Waals surface area contributed by atoms with Gasteiger partial charge in [0.15, 0.2) is 0 Å². The molecule has 0 N–H and O–H groups in total. The molecule has 0 unspecified atom stereocenters. The summed E-state index contributed by atoms with van der Waals surface area (Å²) in [5.41, 5.74) is 1.12. The molecule has 0 bridgehead atoms. The smallest absolute Gasteiger partial charge is 0.145 e. The fourth-order valence-electron chi connectivity index (χ4n) is 1.64. The van der Waals surface area contributed by atoms with E-state index < -0.39 is 0 Å². The van der Waals surface area contributed by atoms with E-state index in [0.717, 1.165) is 11.8 Å². The van der Waals surface area contributed by atoms with Crippen LogP contribution in [0.15, 0.2) is 42.5 Å². The molecule has 0 aromatic heterocycles. The number of hydrogen-bond acceptors (Lipinski definition) is 2. The lowest BCUT2D eigenvalue weighted by Gasteiger charge is -2.05. The Morgan fingerprint density at radius 2 is 1.87 bits per heavy atom. The normalized spacial score (nSPS) is 10.4. The number of ether oxygens (including phenoxy) is 1. The van der Waals surface area contributed by atoms with Crippen molar-refractivity contribution in [2.75, 3.05) is 6.61 Å². The van der Waals surface area contributed by atoms with Crippen molar-refractivity contribution in [1.29, 1.82) is 0 Å². The molecule has 2 rings (SSSR count). The van der Waals surface area contributed by atoms with Gasteiger partial charge in [-0.3, -0.25) is 0 Å². The lowest BCUT2D eigenvalue weighted by atomic mass is 10.1. The van der Waals surface area contributed by atoms with Crippen molar-refractivity contribution >= 4 is 17.1 Å². The van der Waals surface area contributed by atoms with E-state index in [1.165, 1.54) is 10.8 Å². The second kappa shape index (κ2) is 4.71. The monoisotopic (exact) mass is 200 g/mol. The van der Waals surface area contributed by atoms with Crippen molar-refractivity contribution in [3.63, 3.8) is 0 Å². The molecule has 2 heteroatoms. The molecule has 0 fully saturated rings. The number of hydrogen-bond donors (Lipinski definition) is 0. The third-order valence-corrected chi connectivity index (χ3v) is 2.32. The van der Waals surface area contributed by atoms with Gasteiger partial charge >= 0.3 is 0 Å². The molecule has 2 aromatic carbocycles. The average Bonchev–Trinajstić information content (AvgIpc) is 2.30. The maximum atomic E-state index is 10.1. The first-order valence-electron chi connectivity index (χ1n) is 4.90. The Labute approximate surface area is 88.5 Å². The maximum Gasteiger partial charge on any atom is 0.145 e. The molecule has 2 nitrogen and oxygen atoms in total. The maximum absolute atomic E-state index is 10.1. The van der Waals surface area contributed by atoms with Gasteiger partial charge < -0.3 is 9.53 Å². The Balaban J connectivity index is 2.30. The number of aldehydes is 1. The molecule has 0 amide bonds. The van der Waals surface area contributed by atoms with Crippen LogP contribution in [-0.2, 0) is 16.1 Å². The molecule has 0 heterocycles. The minimum atomic E-state index is 0.156. The Hall–Kier alpha value is -1.67. The summed E-state index contributed by atoms with van der Waals surface area (Å²) in [5, 5.41) is 2.38. The van der Waals surface area contributed by atoms with E-state index >= 15 is 0 Å². The third-order valence-electron chi connectivity index (χ3n) is 2.32. The molecule has 2 aromatic rings.